The molecular formula is C14H22BrN3O. The Morgan fingerprint density at radius 3 is 3.11 bits per heavy atom. The van der Waals surface area contributed by atoms with E-state index in [0.29, 0.717) is 0 Å². The number of hydrazine groups is 1. The second-order valence-electron chi connectivity index (χ2n) is 4.91. The van der Waals surface area contributed by atoms with Gasteiger partial charge in [-0.2, -0.15) is 0 Å². The minimum Gasteiger partial charge on any atom is -0.374 e. The van der Waals surface area contributed by atoms with Crippen molar-refractivity contribution >= 4 is 15.9 Å². The lowest BCUT2D eigenvalue weighted by molar-refractivity contribution is -0.0447. The van der Waals surface area contributed by atoms with Gasteiger partial charge in [-0.25, -0.2) is 0 Å². The van der Waals surface area contributed by atoms with E-state index in [9.17, 15) is 0 Å². The highest BCUT2D eigenvalue weighted by Crippen LogP contribution is 2.16. The highest BCUT2D eigenvalue weighted by atomic mass is 79.9. The molecule has 0 aromatic heterocycles. The number of rotatable bonds is 5. The number of hydrogen-bond donors (Lipinski definition) is 2. The van der Waals surface area contributed by atoms with E-state index >= 15 is 0 Å². The largest absolute Gasteiger partial charge is 0.374 e. The predicted molar refractivity (Wildman–Crippen MR) is 80.8 cm³/mol. The monoisotopic (exact) mass is 327 g/mol. The normalized spacial score (nSPS) is 22.4. The number of nitrogens with one attached hydrogen (secondary N) is 1. The van der Waals surface area contributed by atoms with Gasteiger partial charge >= 0.3 is 0 Å². The predicted octanol–water partition coefficient (Wildman–Crippen LogP) is 1.54. The first-order valence-corrected chi connectivity index (χ1v) is 7.56. The Balaban J connectivity index is 1.99. The van der Waals surface area contributed by atoms with Gasteiger partial charge in [0.25, 0.3) is 0 Å². The molecule has 2 unspecified atom stereocenters. The van der Waals surface area contributed by atoms with Crippen molar-refractivity contribution in [3.05, 3.63) is 34.3 Å². The fourth-order valence-corrected chi connectivity index (χ4v) is 2.92. The molecule has 1 saturated heterocycles. The minimum atomic E-state index is 0.142. The van der Waals surface area contributed by atoms with Crippen molar-refractivity contribution in [3.8, 4) is 0 Å². The Hall–Kier alpha value is -0.460. The van der Waals surface area contributed by atoms with Gasteiger partial charge in [-0.05, 0) is 30.7 Å². The Morgan fingerprint density at radius 1 is 1.58 bits per heavy atom. The minimum absolute atomic E-state index is 0.142. The van der Waals surface area contributed by atoms with Gasteiger partial charge in [0.15, 0.2) is 0 Å². The van der Waals surface area contributed by atoms with Gasteiger partial charge < -0.3 is 4.74 Å². The molecule has 5 heteroatoms. The zero-order valence-electron chi connectivity index (χ0n) is 11.3. The van der Waals surface area contributed by atoms with E-state index in [-0.39, 0.29) is 12.1 Å². The van der Waals surface area contributed by atoms with Gasteiger partial charge in [-0.15, -0.1) is 0 Å². The molecule has 0 saturated carbocycles. The van der Waals surface area contributed by atoms with Crippen LogP contribution in [0.2, 0.25) is 0 Å². The third kappa shape index (κ3) is 4.26. The van der Waals surface area contributed by atoms with Crippen LogP contribution in [0.3, 0.4) is 0 Å². The van der Waals surface area contributed by atoms with Gasteiger partial charge in [0, 0.05) is 17.6 Å². The van der Waals surface area contributed by atoms with E-state index in [4.69, 9.17) is 10.6 Å². The number of ether oxygens (including phenoxy) is 1. The summed E-state index contributed by atoms with van der Waals surface area (Å²) in [5, 5.41) is 0. The van der Waals surface area contributed by atoms with Crippen molar-refractivity contribution in [2.24, 2.45) is 5.84 Å². The van der Waals surface area contributed by atoms with Crippen molar-refractivity contribution in [2.45, 2.75) is 25.5 Å². The third-order valence-electron chi connectivity index (χ3n) is 3.63. The smallest absolute Gasteiger partial charge is 0.0871 e. The van der Waals surface area contributed by atoms with Gasteiger partial charge in [0.05, 0.1) is 18.8 Å². The van der Waals surface area contributed by atoms with E-state index < -0.39 is 0 Å². The molecule has 1 aliphatic rings. The van der Waals surface area contributed by atoms with Crippen molar-refractivity contribution < 1.29 is 4.74 Å². The molecule has 0 amide bonds. The molecule has 0 radical (unpaired) electrons. The first kappa shape index (κ1) is 14.9. The molecule has 1 aliphatic heterocycles. The molecule has 1 aromatic rings. The van der Waals surface area contributed by atoms with Gasteiger partial charge in [-0.1, -0.05) is 35.0 Å². The number of halogens is 1. The maximum atomic E-state index is 5.87. The van der Waals surface area contributed by atoms with Crippen molar-refractivity contribution in [1.29, 1.82) is 0 Å². The van der Waals surface area contributed by atoms with E-state index in [0.717, 1.165) is 37.1 Å². The van der Waals surface area contributed by atoms with Crippen LogP contribution in [0.1, 0.15) is 12.5 Å². The number of benzene rings is 1. The van der Waals surface area contributed by atoms with Crippen molar-refractivity contribution in [1.82, 2.24) is 10.3 Å². The van der Waals surface area contributed by atoms with Crippen LogP contribution in [-0.2, 0) is 11.2 Å². The summed E-state index contributed by atoms with van der Waals surface area (Å²) >= 11 is 3.50. The number of nitrogens with zero attached hydrogens (tertiary/aromatic N) is 1. The highest BCUT2D eigenvalue weighted by molar-refractivity contribution is 9.10. The standard InChI is InChI=1S/C14H22BrN3O/c1-2-18-6-7-19-14(10-18)13(17-16)9-11-4-3-5-12(15)8-11/h3-5,8,13-14,17H,2,6-7,9-10,16H2,1H3. The quantitative estimate of drug-likeness (QED) is 0.636. The fourth-order valence-electron chi connectivity index (χ4n) is 2.48. The molecule has 106 valence electrons. The molecule has 3 N–H and O–H groups in total. The average molecular weight is 328 g/mol. The Labute approximate surface area is 123 Å². The maximum absolute atomic E-state index is 5.87. The van der Waals surface area contributed by atoms with Crippen LogP contribution in [0.15, 0.2) is 28.7 Å². The summed E-state index contributed by atoms with van der Waals surface area (Å²) in [4.78, 5) is 2.40. The fraction of sp³-hybridized carbons (Fsp3) is 0.571. The van der Waals surface area contributed by atoms with E-state index in [1.54, 1.807) is 0 Å². The summed E-state index contributed by atoms with van der Waals surface area (Å²) in [7, 11) is 0. The van der Waals surface area contributed by atoms with Crippen LogP contribution >= 0.6 is 15.9 Å². The van der Waals surface area contributed by atoms with Crippen LogP contribution in [0, 0.1) is 0 Å². The first-order chi connectivity index (χ1) is 9.22. The van der Waals surface area contributed by atoms with Gasteiger partial charge in [0.2, 0.25) is 0 Å². The molecule has 2 atom stereocenters. The zero-order valence-corrected chi connectivity index (χ0v) is 12.9. The summed E-state index contributed by atoms with van der Waals surface area (Å²) in [6.07, 6.45) is 1.02. The maximum Gasteiger partial charge on any atom is 0.0871 e. The number of nitrogens with two attached hydrogens (primary N) is 1. The second kappa shape index (κ2) is 7.36. The third-order valence-corrected chi connectivity index (χ3v) is 4.13. The summed E-state index contributed by atoms with van der Waals surface area (Å²) in [6, 6.07) is 8.47. The SMILES string of the molecule is CCN1CCOC(C(Cc2cccc(Br)c2)NN)C1. The molecular weight excluding hydrogens is 306 g/mol. The Morgan fingerprint density at radius 2 is 2.42 bits per heavy atom. The van der Waals surface area contributed by atoms with E-state index in [2.05, 4.69) is 45.3 Å². The molecule has 1 heterocycles. The Bertz CT molecular complexity index is 402. The zero-order chi connectivity index (χ0) is 13.7. The summed E-state index contributed by atoms with van der Waals surface area (Å²) < 4.78 is 6.97. The van der Waals surface area contributed by atoms with Crippen LogP contribution in [0.4, 0.5) is 0 Å². The summed E-state index contributed by atoms with van der Waals surface area (Å²) in [6.45, 7) is 5.99. The molecule has 0 spiro atoms. The lowest BCUT2D eigenvalue weighted by atomic mass is 10.0. The van der Waals surface area contributed by atoms with Crippen molar-refractivity contribution in [2.75, 3.05) is 26.2 Å². The molecule has 1 fully saturated rings. The van der Waals surface area contributed by atoms with Crippen LogP contribution in [-0.4, -0.2) is 43.3 Å². The van der Waals surface area contributed by atoms with Crippen LogP contribution in [0.25, 0.3) is 0 Å². The molecule has 19 heavy (non-hydrogen) atoms. The molecule has 0 bridgehead atoms. The number of likely N-dealkylation sites (N-methyl/N-ethyl adjacent to an activating group) is 1. The highest BCUT2D eigenvalue weighted by Gasteiger charge is 2.27. The average Bonchev–Trinajstić information content (AvgIpc) is 2.45. The molecule has 0 aliphatic carbocycles. The molecule has 2 rings (SSSR count). The topological polar surface area (TPSA) is 50.5 Å². The van der Waals surface area contributed by atoms with Crippen LogP contribution < -0.4 is 11.3 Å². The van der Waals surface area contributed by atoms with E-state index in [1.165, 1.54) is 5.56 Å². The molecule has 1 aromatic carbocycles. The van der Waals surface area contributed by atoms with Crippen LogP contribution in [0.5, 0.6) is 0 Å². The summed E-state index contributed by atoms with van der Waals surface area (Å²) in [5.74, 6) is 5.72. The number of morpholine rings is 1. The summed E-state index contributed by atoms with van der Waals surface area (Å²) in [5.41, 5.74) is 4.18. The Kier molecular flexibility index (Phi) is 5.78. The van der Waals surface area contributed by atoms with Gasteiger partial charge in [0.1, 0.15) is 0 Å². The van der Waals surface area contributed by atoms with Gasteiger partial charge in [-0.3, -0.25) is 16.2 Å². The number of hydrogen-bond acceptors (Lipinski definition) is 4. The first-order valence-electron chi connectivity index (χ1n) is 6.77. The van der Waals surface area contributed by atoms with Crippen molar-refractivity contribution in [3.63, 3.8) is 0 Å². The second-order valence-corrected chi connectivity index (χ2v) is 5.83. The molecule has 4 nitrogen and oxygen atoms in total. The lowest BCUT2D eigenvalue weighted by Gasteiger charge is -2.36. The lowest BCUT2D eigenvalue weighted by Crippen LogP contribution is -2.54. The van der Waals surface area contributed by atoms with E-state index in [1.807, 2.05) is 12.1 Å².